The Bertz CT molecular complexity index is 882. The second-order valence-corrected chi connectivity index (χ2v) is 9.41. The van der Waals surface area contributed by atoms with Crippen LogP contribution in [0.5, 0.6) is 0 Å². The molecule has 0 saturated carbocycles. The van der Waals surface area contributed by atoms with E-state index < -0.39 is 11.6 Å². The van der Waals surface area contributed by atoms with Crippen molar-refractivity contribution in [1.82, 2.24) is 15.2 Å². The SMILES string of the molecule is Cc1nc(CN2CCC(C(=O)NCC3CCN(c4ccc(F)c(F)c4)C3)CC2)cs1. The first-order valence-corrected chi connectivity index (χ1v) is 11.5. The number of likely N-dealkylation sites (tertiary alicyclic amines) is 1. The fourth-order valence-corrected chi connectivity index (χ4v) is 4.97. The number of nitrogens with one attached hydrogen (secondary N) is 1. The van der Waals surface area contributed by atoms with Crippen LogP contribution in [0.3, 0.4) is 0 Å². The fourth-order valence-electron chi connectivity index (χ4n) is 4.37. The number of hydrogen-bond donors (Lipinski definition) is 1. The Morgan fingerprint density at radius 2 is 2.00 bits per heavy atom. The molecule has 8 heteroatoms. The molecule has 1 atom stereocenters. The summed E-state index contributed by atoms with van der Waals surface area (Å²) >= 11 is 1.68. The van der Waals surface area contributed by atoms with Gasteiger partial charge in [-0.3, -0.25) is 9.69 Å². The largest absolute Gasteiger partial charge is 0.371 e. The van der Waals surface area contributed by atoms with Crippen molar-refractivity contribution in [3.63, 3.8) is 0 Å². The molecule has 1 amide bonds. The molecule has 1 N–H and O–H groups in total. The van der Waals surface area contributed by atoms with E-state index in [0.29, 0.717) is 18.2 Å². The molecule has 0 aliphatic carbocycles. The van der Waals surface area contributed by atoms with Crippen molar-refractivity contribution in [1.29, 1.82) is 0 Å². The number of aromatic nitrogens is 1. The second kappa shape index (κ2) is 9.39. The molecule has 5 nitrogen and oxygen atoms in total. The Hall–Kier alpha value is -2.06. The number of carbonyl (C=O) groups is 1. The van der Waals surface area contributed by atoms with Crippen LogP contribution in [0, 0.1) is 30.4 Å². The lowest BCUT2D eigenvalue weighted by atomic mass is 9.95. The highest BCUT2D eigenvalue weighted by Gasteiger charge is 2.28. The van der Waals surface area contributed by atoms with Crippen molar-refractivity contribution in [2.45, 2.75) is 32.7 Å². The molecule has 1 aromatic heterocycles. The lowest BCUT2D eigenvalue weighted by Crippen LogP contribution is -2.41. The van der Waals surface area contributed by atoms with E-state index >= 15 is 0 Å². The van der Waals surface area contributed by atoms with Gasteiger partial charge in [-0.05, 0) is 57.3 Å². The first kappa shape index (κ1) is 21.2. The van der Waals surface area contributed by atoms with Crippen LogP contribution in [0.2, 0.25) is 0 Å². The Morgan fingerprint density at radius 1 is 1.20 bits per heavy atom. The molecular weight excluding hydrogens is 406 g/mol. The second-order valence-electron chi connectivity index (χ2n) is 8.35. The molecular formula is C22H28F2N4OS. The molecule has 3 heterocycles. The summed E-state index contributed by atoms with van der Waals surface area (Å²) in [5, 5.41) is 6.33. The maximum absolute atomic E-state index is 13.5. The van der Waals surface area contributed by atoms with Gasteiger partial charge in [-0.15, -0.1) is 11.3 Å². The number of benzene rings is 1. The maximum atomic E-state index is 13.5. The van der Waals surface area contributed by atoms with E-state index in [1.807, 2.05) is 6.92 Å². The van der Waals surface area contributed by atoms with Gasteiger partial charge >= 0.3 is 0 Å². The van der Waals surface area contributed by atoms with Crippen LogP contribution in [-0.4, -0.2) is 48.5 Å². The van der Waals surface area contributed by atoms with Gasteiger partial charge in [0.25, 0.3) is 0 Å². The van der Waals surface area contributed by atoms with E-state index in [0.717, 1.165) is 62.7 Å². The van der Waals surface area contributed by atoms with Crippen LogP contribution < -0.4 is 10.2 Å². The van der Waals surface area contributed by atoms with Crippen molar-refractivity contribution in [3.05, 3.63) is 45.9 Å². The van der Waals surface area contributed by atoms with Crippen LogP contribution >= 0.6 is 11.3 Å². The van der Waals surface area contributed by atoms with Gasteiger partial charge in [0.05, 0.1) is 10.7 Å². The summed E-state index contributed by atoms with van der Waals surface area (Å²) in [4.78, 5) is 21.6. The number of hydrogen-bond acceptors (Lipinski definition) is 5. The third-order valence-electron chi connectivity index (χ3n) is 6.13. The van der Waals surface area contributed by atoms with Gasteiger partial charge in [-0.25, -0.2) is 13.8 Å². The number of thiazole rings is 1. The number of anilines is 1. The minimum Gasteiger partial charge on any atom is -0.371 e. The van der Waals surface area contributed by atoms with E-state index in [4.69, 9.17) is 0 Å². The normalized spacial score (nSPS) is 20.6. The van der Waals surface area contributed by atoms with E-state index in [-0.39, 0.29) is 11.8 Å². The Labute approximate surface area is 180 Å². The highest BCUT2D eigenvalue weighted by atomic mass is 32.1. The van der Waals surface area contributed by atoms with Crippen molar-refractivity contribution in [2.75, 3.05) is 37.6 Å². The predicted octanol–water partition coefficient (Wildman–Crippen LogP) is 3.58. The molecule has 30 heavy (non-hydrogen) atoms. The molecule has 1 aromatic carbocycles. The molecule has 2 saturated heterocycles. The number of nitrogens with zero attached hydrogens (tertiary/aromatic N) is 3. The summed E-state index contributed by atoms with van der Waals surface area (Å²) in [5.41, 5.74) is 1.82. The topological polar surface area (TPSA) is 48.5 Å². The number of carbonyl (C=O) groups excluding carboxylic acids is 1. The molecule has 162 valence electrons. The number of aryl methyl sites for hydroxylation is 1. The predicted molar refractivity (Wildman–Crippen MR) is 115 cm³/mol. The first-order valence-electron chi connectivity index (χ1n) is 10.6. The Balaban J connectivity index is 1.18. The number of amides is 1. The number of piperidine rings is 1. The molecule has 0 radical (unpaired) electrons. The lowest BCUT2D eigenvalue weighted by Gasteiger charge is -2.31. The summed E-state index contributed by atoms with van der Waals surface area (Å²) in [6.45, 7) is 6.89. The summed E-state index contributed by atoms with van der Waals surface area (Å²) in [7, 11) is 0. The zero-order valence-corrected chi connectivity index (χ0v) is 18.1. The molecule has 2 fully saturated rings. The molecule has 1 unspecified atom stereocenters. The van der Waals surface area contributed by atoms with Crippen molar-refractivity contribution < 1.29 is 13.6 Å². The zero-order chi connectivity index (χ0) is 21.1. The number of rotatable bonds is 6. The molecule has 2 aliphatic heterocycles. The Morgan fingerprint density at radius 3 is 2.70 bits per heavy atom. The molecule has 2 aliphatic rings. The van der Waals surface area contributed by atoms with Gasteiger partial charge < -0.3 is 10.2 Å². The van der Waals surface area contributed by atoms with Crippen LogP contribution in [0.25, 0.3) is 0 Å². The quantitative estimate of drug-likeness (QED) is 0.755. The molecule has 0 spiro atoms. The van der Waals surface area contributed by atoms with Gasteiger partial charge in [0.2, 0.25) is 5.91 Å². The van der Waals surface area contributed by atoms with E-state index in [1.54, 1.807) is 17.4 Å². The standard InChI is InChI=1S/C22H28F2N4OS/c1-15-26-18(14-30-15)13-27-7-5-17(6-8-27)22(29)25-11-16-4-9-28(12-16)19-2-3-20(23)21(24)10-19/h2-3,10,14,16-17H,4-9,11-13H2,1H3,(H,25,29). The average molecular weight is 435 g/mol. The van der Waals surface area contributed by atoms with E-state index in [2.05, 4.69) is 25.5 Å². The van der Waals surface area contributed by atoms with Crippen molar-refractivity contribution in [2.24, 2.45) is 11.8 Å². The first-order chi connectivity index (χ1) is 14.5. The van der Waals surface area contributed by atoms with E-state index in [1.165, 1.54) is 12.1 Å². The third-order valence-corrected chi connectivity index (χ3v) is 6.95. The zero-order valence-electron chi connectivity index (χ0n) is 17.2. The highest BCUT2D eigenvalue weighted by Crippen LogP contribution is 2.25. The smallest absolute Gasteiger partial charge is 0.223 e. The van der Waals surface area contributed by atoms with Gasteiger partial charge in [-0.2, -0.15) is 0 Å². The van der Waals surface area contributed by atoms with Crippen LogP contribution in [-0.2, 0) is 11.3 Å². The van der Waals surface area contributed by atoms with Gasteiger partial charge in [0, 0.05) is 49.2 Å². The monoisotopic (exact) mass is 434 g/mol. The molecule has 2 aromatic rings. The van der Waals surface area contributed by atoms with Crippen LogP contribution in [0.15, 0.2) is 23.6 Å². The van der Waals surface area contributed by atoms with Crippen LogP contribution in [0.4, 0.5) is 14.5 Å². The minimum atomic E-state index is -0.825. The van der Waals surface area contributed by atoms with Gasteiger partial charge in [0.1, 0.15) is 0 Å². The maximum Gasteiger partial charge on any atom is 0.223 e. The van der Waals surface area contributed by atoms with Crippen LogP contribution in [0.1, 0.15) is 30.0 Å². The highest BCUT2D eigenvalue weighted by molar-refractivity contribution is 7.09. The third kappa shape index (κ3) is 5.16. The van der Waals surface area contributed by atoms with Gasteiger partial charge in [-0.1, -0.05) is 0 Å². The summed E-state index contributed by atoms with van der Waals surface area (Å²) in [6, 6.07) is 4.03. The Kier molecular flexibility index (Phi) is 6.63. The summed E-state index contributed by atoms with van der Waals surface area (Å²) < 4.78 is 26.6. The lowest BCUT2D eigenvalue weighted by molar-refractivity contribution is -0.126. The minimum absolute atomic E-state index is 0.0714. The molecule has 0 bridgehead atoms. The summed E-state index contributed by atoms with van der Waals surface area (Å²) in [6.07, 6.45) is 2.69. The van der Waals surface area contributed by atoms with E-state index in [9.17, 15) is 13.6 Å². The fraction of sp³-hybridized carbons (Fsp3) is 0.545. The summed E-state index contributed by atoms with van der Waals surface area (Å²) in [5.74, 6) is -1.10. The average Bonchev–Trinajstić information content (AvgIpc) is 3.38. The van der Waals surface area contributed by atoms with Crippen molar-refractivity contribution >= 4 is 22.9 Å². The van der Waals surface area contributed by atoms with Crippen molar-refractivity contribution in [3.8, 4) is 0 Å². The van der Waals surface area contributed by atoms with Gasteiger partial charge in [0.15, 0.2) is 11.6 Å². The molecule has 4 rings (SSSR count). The number of halogens is 2.